The van der Waals surface area contributed by atoms with Crippen LogP contribution >= 0.6 is 0 Å². The van der Waals surface area contributed by atoms with Crippen molar-refractivity contribution in [3.63, 3.8) is 0 Å². The molecule has 0 bridgehead atoms. The lowest BCUT2D eigenvalue weighted by atomic mass is 10.0. The van der Waals surface area contributed by atoms with Crippen LogP contribution in [0.3, 0.4) is 0 Å². The molecule has 1 aromatic heterocycles. The first kappa shape index (κ1) is 20.6. The number of nitrogens with one attached hydrogen (secondary N) is 1. The Morgan fingerprint density at radius 3 is 2.74 bits per heavy atom. The Balaban J connectivity index is 1.46. The molecule has 0 aliphatic rings. The third-order valence-electron chi connectivity index (χ3n) is 5.08. The number of aryl methyl sites for hydroxylation is 1. The van der Waals surface area contributed by atoms with Crippen molar-refractivity contribution in [2.24, 2.45) is 5.10 Å². The first-order valence-electron chi connectivity index (χ1n) is 10.1. The fourth-order valence-electron chi connectivity index (χ4n) is 3.64. The average molecular weight is 415 g/mol. The summed E-state index contributed by atoms with van der Waals surface area (Å²) in [4.78, 5) is 19.2. The van der Waals surface area contributed by atoms with E-state index in [9.17, 15) is 9.90 Å². The number of hydrazone groups is 1. The third-order valence-corrected chi connectivity index (χ3v) is 5.08. The fourth-order valence-corrected chi connectivity index (χ4v) is 3.64. The molecule has 0 aliphatic carbocycles. The number of aromatic hydroxyl groups is 1. The van der Waals surface area contributed by atoms with Gasteiger partial charge in [0.1, 0.15) is 11.6 Å². The molecule has 1 amide bonds. The second kappa shape index (κ2) is 8.97. The lowest BCUT2D eigenvalue weighted by Crippen LogP contribution is -2.21. The number of hydrogen-bond donors (Lipinski definition) is 2. The Morgan fingerprint density at radius 2 is 1.90 bits per heavy atom. The molecule has 31 heavy (non-hydrogen) atoms. The second-order valence-corrected chi connectivity index (χ2v) is 7.67. The van der Waals surface area contributed by atoms with Gasteiger partial charge in [0.2, 0.25) is 5.91 Å². The molecule has 0 unspecified atom stereocenters. The number of para-hydroxylation sites is 2. The minimum absolute atomic E-state index is 0.120. The summed E-state index contributed by atoms with van der Waals surface area (Å²) in [5.74, 6) is 0.836. The van der Waals surface area contributed by atoms with Gasteiger partial charge < -0.3 is 14.6 Å². The highest BCUT2D eigenvalue weighted by Gasteiger charge is 2.12. The third kappa shape index (κ3) is 4.57. The van der Waals surface area contributed by atoms with Crippen molar-refractivity contribution in [2.45, 2.75) is 19.5 Å². The molecule has 0 aliphatic heterocycles. The number of amides is 1. The Kier molecular flexibility index (Phi) is 5.95. The molecule has 0 saturated heterocycles. The summed E-state index contributed by atoms with van der Waals surface area (Å²) in [6.07, 6.45) is 1.75. The van der Waals surface area contributed by atoms with Crippen LogP contribution in [0.5, 0.6) is 5.75 Å². The molecule has 0 spiro atoms. The van der Waals surface area contributed by atoms with Gasteiger partial charge in [-0.1, -0.05) is 42.5 Å². The summed E-state index contributed by atoms with van der Waals surface area (Å²) >= 11 is 0. The SMILES string of the molecule is CN(C)Cc1nc2ccccc2n1CCC(=O)N/N=C/c1c(O)ccc2ccccc12. The summed E-state index contributed by atoms with van der Waals surface area (Å²) in [6, 6.07) is 19.1. The van der Waals surface area contributed by atoms with Gasteiger partial charge in [0.05, 0.1) is 23.8 Å². The first-order valence-corrected chi connectivity index (χ1v) is 10.1. The van der Waals surface area contributed by atoms with Gasteiger partial charge in [0.25, 0.3) is 0 Å². The highest BCUT2D eigenvalue weighted by molar-refractivity contribution is 6.02. The predicted molar refractivity (Wildman–Crippen MR) is 123 cm³/mol. The molecule has 0 radical (unpaired) electrons. The molecule has 3 aromatic carbocycles. The zero-order valence-corrected chi connectivity index (χ0v) is 17.6. The molecule has 0 saturated carbocycles. The number of rotatable bonds is 7. The van der Waals surface area contributed by atoms with Crippen LogP contribution in [0.4, 0.5) is 0 Å². The molecule has 7 nitrogen and oxygen atoms in total. The number of fused-ring (bicyclic) bond motifs is 2. The first-order chi connectivity index (χ1) is 15.0. The van der Waals surface area contributed by atoms with Gasteiger partial charge in [0.15, 0.2) is 0 Å². The summed E-state index contributed by atoms with van der Waals surface area (Å²) < 4.78 is 2.08. The maximum absolute atomic E-state index is 12.4. The van der Waals surface area contributed by atoms with Crippen molar-refractivity contribution in [3.8, 4) is 5.75 Å². The minimum atomic E-state index is -0.204. The van der Waals surface area contributed by atoms with Crippen LogP contribution in [-0.2, 0) is 17.9 Å². The molecule has 1 heterocycles. The van der Waals surface area contributed by atoms with Crippen molar-refractivity contribution in [1.29, 1.82) is 0 Å². The number of imidazole rings is 1. The second-order valence-electron chi connectivity index (χ2n) is 7.67. The van der Waals surface area contributed by atoms with Crippen LogP contribution in [0.15, 0.2) is 65.8 Å². The van der Waals surface area contributed by atoms with Gasteiger partial charge in [-0.25, -0.2) is 10.4 Å². The molecule has 7 heteroatoms. The highest BCUT2D eigenvalue weighted by atomic mass is 16.3. The molecule has 2 N–H and O–H groups in total. The Bertz CT molecular complexity index is 1260. The fraction of sp³-hybridized carbons (Fsp3) is 0.208. The van der Waals surface area contributed by atoms with Gasteiger partial charge in [-0.3, -0.25) is 4.79 Å². The minimum Gasteiger partial charge on any atom is -0.507 e. The van der Waals surface area contributed by atoms with E-state index in [-0.39, 0.29) is 18.1 Å². The van der Waals surface area contributed by atoms with Crippen LogP contribution in [0.1, 0.15) is 17.8 Å². The van der Waals surface area contributed by atoms with Crippen LogP contribution < -0.4 is 5.43 Å². The molecule has 0 atom stereocenters. The summed E-state index contributed by atoms with van der Waals surface area (Å²) in [7, 11) is 3.99. The standard InChI is InChI=1S/C24H25N5O2/c1-28(2)16-23-26-20-9-5-6-10-21(20)29(23)14-13-24(31)27-25-15-19-18-8-4-3-7-17(18)11-12-22(19)30/h3-12,15,30H,13-14,16H2,1-2H3,(H,27,31)/b25-15+. The Morgan fingerprint density at radius 1 is 1.13 bits per heavy atom. The zero-order chi connectivity index (χ0) is 21.8. The Hall–Kier alpha value is -3.71. The van der Waals surface area contributed by atoms with Gasteiger partial charge in [-0.2, -0.15) is 5.10 Å². The number of phenols is 1. The number of hydrogen-bond acceptors (Lipinski definition) is 5. The summed E-state index contributed by atoms with van der Waals surface area (Å²) in [5, 5.41) is 16.1. The van der Waals surface area contributed by atoms with E-state index >= 15 is 0 Å². The van der Waals surface area contributed by atoms with E-state index in [1.807, 2.05) is 68.7 Å². The van der Waals surface area contributed by atoms with E-state index in [0.717, 1.165) is 27.6 Å². The molecular weight excluding hydrogens is 390 g/mol. The molecule has 4 aromatic rings. The normalized spacial score (nSPS) is 11.7. The van der Waals surface area contributed by atoms with E-state index in [4.69, 9.17) is 4.98 Å². The zero-order valence-electron chi connectivity index (χ0n) is 17.6. The number of phenolic OH excluding ortho intramolecular Hbond substituents is 1. The van der Waals surface area contributed by atoms with Crippen molar-refractivity contribution < 1.29 is 9.90 Å². The monoisotopic (exact) mass is 415 g/mol. The van der Waals surface area contributed by atoms with Gasteiger partial charge in [-0.15, -0.1) is 0 Å². The number of carbonyl (C=O) groups excluding carboxylic acids is 1. The van der Waals surface area contributed by atoms with Crippen LogP contribution in [-0.4, -0.2) is 45.8 Å². The van der Waals surface area contributed by atoms with Crippen molar-refractivity contribution in [1.82, 2.24) is 19.9 Å². The molecule has 4 rings (SSSR count). The summed E-state index contributed by atoms with van der Waals surface area (Å²) in [5.41, 5.74) is 5.08. The van der Waals surface area contributed by atoms with Gasteiger partial charge >= 0.3 is 0 Å². The summed E-state index contributed by atoms with van der Waals surface area (Å²) in [6.45, 7) is 1.19. The molecule has 0 fully saturated rings. The highest BCUT2D eigenvalue weighted by Crippen LogP contribution is 2.25. The largest absolute Gasteiger partial charge is 0.507 e. The quantitative estimate of drug-likeness (QED) is 0.358. The van der Waals surface area contributed by atoms with E-state index in [1.165, 1.54) is 6.21 Å². The van der Waals surface area contributed by atoms with Gasteiger partial charge in [-0.05, 0) is 43.1 Å². The number of nitrogens with zero attached hydrogens (tertiary/aromatic N) is 4. The molecule has 158 valence electrons. The van der Waals surface area contributed by atoms with Crippen molar-refractivity contribution >= 4 is 33.9 Å². The van der Waals surface area contributed by atoms with Crippen LogP contribution in [0.2, 0.25) is 0 Å². The smallest absolute Gasteiger partial charge is 0.241 e. The van der Waals surface area contributed by atoms with Crippen molar-refractivity contribution in [2.75, 3.05) is 14.1 Å². The van der Waals surface area contributed by atoms with E-state index in [0.29, 0.717) is 18.7 Å². The van der Waals surface area contributed by atoms with E-state index < -0.39 is 0 Å². The Labute approximate surface area is 180 Å². The lowest BCUT2D eigenvalue weighted by molar-refractivity contribution is -0.121. The van der Waals surface area contributed by atoms with Gasteiger partial charge in [0, 0.05) is 18.5 Å². The predicted octanol–water partition coefficient (Wildman–Crippen LogP) is 3.50. The number of aromatic nitrogens is 2. The maximum atomic E-state index is 12.4. The topological polar surface area (TPSA) is 82.8 Å². The van der Waals surface area contributed by atoms with Crippen LogP contribution in [0.25, 0.3) is 21.8 Å². The lowest BCUT2D eigenvalue weighted by Gasteiger charge is -2.12. The number of benzene rings is 3. The van der Waals surface area contributed by atoms with Crippen molar-refractivity contribution in [3.05, 3.63) is 72.1 Å². The number of carbonyl (C=O) groups is 1. The van der Waals surface area contributed by atoms with Crippen LogP contribution in [0, 0.1) is 0 Å². The van der Waals surface area contributed by atoms with E-state index in [1.54, 1.807) is 6.07 Å². The molecular formula is C24H25N5O2. The maximum Gasteiger partial charge on any atom is 0.241 e. The van der Waals surface area contributed by atoms with E-state index in [2.05, 4.69) is 20.0 Å². The average Bonchev–Trinajstić information content (AvgIpc) is 3.10.